The number of carbonyl (C=O) groups is 2. The molecule has 0 bridgehead atoms. The molecule has 0 unspecified atom stereocenters. The fraction of sp³-hybridized carbons (Fsp3) is 0.327. The SMILES string of the molecule is CC(C)(O)c1ccc(-c2cc3c(-c4cc(C#N)c(OC5CCOCC5)cn4)cccc3[nH]2)cc1.COC(C)(C)c1ccc(-c2cc3c(-c4cc(C#N)c(OC5CCOCC5)cn4)cccc3[nH]2)cc1.N#Cc1cc(-c2cccc3[nH]c(C(=O)N4CCCC4)cc23)ccc1OC1CCOCC1.N#Cc1cc(-c2cccc3[nH]c(C(=O)N4CCOCC4)cc23)ccc1OC1CCOCC1. The van der Waals surface area contributed by atoms with E-state index in [1.165, 1.54) is 0 Å². The van der Waals surface area contributed by atoms with E-state index >= 15 is 0 Å². The number of aromatic amines is 4. The van der Waals surface area contributed by atoms with Crippen LogP contribution in [0.15, 0.2) is 207 Å². The van der Waals surface area contributed by atoms with Crippen molar-refractivity contribution in [1.29, 1.82) is 21.0 Å². The summed E-state index contributed by atoms with van der Waals surface area (Å²) >= 11 is 0. The number of nitrogens with one attached hydrogen (secondary N) is 4. The second-order valence-electron chi connectivity index (χ2n) is 34.9. The third-order valence-electron chi connectivity index (χ3n) is 25.3. The van der Waals surface area contributed by atoms with Crippen LogP contribution in [0.25, 0.3) is 111 Å². The molecular formula is C107H106N12O13. The summed E-state index contributed by atoms with van der Waals surface area (Å²) in [5.74, 6) is 2.30. The van der Waals surface area contributed by atoms with E-state index in [2.05, 4.69) is 110 Å². The van der Waals surface area contributed by atoms with Crippen molar-refractivity contribution in [2.24, 2.45) is 0 Å². The van der Waals surface area contributed by atoms with Crippen molar-refractivity contribution >= 4 is 55.4 Å². The largest absolute Gasteiger partial charge is 0.489 e. The van der Waals surface area contributed by atoms with E-state index in [9.17, 15) is 35.7 Å². The number of amides is 2. The van der Waals surface area contributed by atoms with Gasteiger partial charge in [0, 0.05) is 151 Å². The molecule has 6 aliphatic rings. The van der Waals surface area contributed by atoms with E-state index in [0.717, 1.165) is 199 Å². The Hall–Kier alpha value is -14.0. The summed E-state index contributed by atoms with van der Waals surface area (Å²) < 4.78 is 56.8. The molecule has 0 saturated carbocycles. The number of ether oxygens (including phenoxy) is 10. The number of aliphatic hydroxyl groups is 1. The Morgan fingerprint density at radius 1 is 0.379 bits per heavy atom. The van der Waals surface area contributed by atoms with Gasteiger partial charge in [0.2, 0.25) is 0 Å². The lowest BCUT2D eigenvalue weighted by Gasteiger charge is -2.26. The molecule has 12 heterocycles. The van der Waals surface area contributed by atoms with Gasteiger partial charge in [-0.05, 0) is 170 Å². The summed E-state index contributed by atoms with van der Waals surface area (Å²) in [7, 11) is 1.72. The molecule has 672 valence electrons. The molecule has 0 atom stereocenters. The minimum Gasteiger partial charge on any atom is -0.489 e. The van der Waals surface area contributed by atoms with E-state index in [1.54, 1.807) is 39.4 Å². The highest BCUT2D eigenvalue weighted by Crippen LogP contribution is 2.41. The van der Waals surface area contributed by atoms with E-state index in [1.807, 2.05) is 155 Å². The lowest BCUT2D eigenvalue weighted by atomic mass is 9.96. The van der Waals surface area contributed by atoms with E-state index < -0.39 is 5.60 Å². The molecule has 25 heteroatoms. The molecule has 14 aromatic rings. The standard InChI is InChI=1S/C29H29N3O3.C28H27N3O3.C25H25N3O4.C25H25N3O3/c1-29(2,33-3)21-9-7-19(8-10-21)26-16-24-23(5-4-6-25(24)32-26)27-15-20(17-30)28(18-31-27)35-22-11-13-34-14-12-22;1-28(2,32)20-8-6-18(7-9-20)25-15-23-22(4-3-5-24(23)31-25)26-14-19(16-29)27(17-30-26)34-21-10-12-33-13-11-21;26-16-18-14-17(4-5-24(18)32-19-6-10-30-11-7-19)20-2-1-3-22-21(20)15-23(27-22)25(29)28-8-12-31-13-9-28;26-16-18-14-17(6-7-24(18)31-19-8-12-30-13-9-19)20-4-3-5-22-21(20)15-23(27-22)25(29)28-10-1-2-11-28/h4-10,15-16,18,22,32H,11-14H2,1-3H3;3-9,14-15,17,21,31-32H,10-13H2,1-2H3;1-5,14-15,19,27H,6-13H2;3-7,14-15,19,27H,1-2,8-13H2. The molecule has 2 amide bonds. The smallest absolute Gasteiger partial charge is 0.270 e. The van der Waals surface area contributed by atoms with Gasteiger partial charge in [-0.15, -0.1) is 0 Å². The van der Waals surface area contributed by atoms with Crippen LogP contribution in [0.1, 0.15) is 146 Å². The zero-order valence-corrected chi connectivity index (χ0v) is 74.8. The number of hydrogen-bond acceptors (Lipinski definition) is 19. The van der Waals surface area contributed by atoms with Crippen LogP contribution in [0, 0.1) is 45.3 Å². The Morgan fingerprint density at radius 2 is 0.705 bits per heavy atom. The predicted molar refractivity (Wildman–Crippen MR) is 505 cm³/mol. The zero-order valence-electron chi connectivity index (χ0n) is 74.8. The maximum absolute atomic E-state index is 12.9. The molecule has 5 N–H and O–H groups in total. The van der Waals surface area contributed by atoms with Gasteiger partial charge in [0.25, 0.3) is 11.8 Å². The summed E-state index contributed by atoms with van der Waals surface area (Å²) in [4.78, 5) is 52.3. The number of nitrogens with zero attached hydrogens (tertiary/aromatic N) is 8. The summed E-state index contributed by atoms with van der Waals surface area (Å²) in [6.07, 6.45) is 12.3. The Morgan fingerprint density at radius 3 is 1.08 bits per heavy atom. The highest BCUT2D eigenvalue weighted by Gasteiger charge is 2.29. The number of hydrogen-bond donors (Lipinski definition) is 5. The van der Waals surface area contributed by atoms with Crippen LogP contribution >= 0.6 is 0 Å². The number of nitriles is 4. The van der Waals surface area contributed by atoms with Gasteiger partial charge >= 0.3 is 0 Å². The van der Waals surface area contributed by atoms with Crippen LogP contribution in [0.2, 0.25) is 0 Å². The molecule has 132 heavy (non-hydrogen) atoms. The second-order valence-corrected chi connectivity index (χ2v) is 34.9. The maximum Gasteiger partial charge on any atom is 0.270 e. The first-order valence-corrected chi connectivity index (χ1v) is 45.4. The average Bonchev–Trinajstić information content (AvgIpc) is 1.65. The van der Waals surface area contributed by atoms with Gasteiger partial charge in [0.15, 0.2) is 11.5 Å². The van der Waals surface area contributed by atoms with Crippen LogP contribution in [-0.4, -0.2) is 180 Å². The fourth-order valence-corrected chi connectivity index (χ4v) is 17.6. The zero-order chi connectivity index (χ0) is 91.2. The Kier molecular flexibility index (Phi) is 28.0. The topological polar surface area (TPSA) is 337 Å². The Bertz CT molecular complexity index is 6640. The van der Waals surface area contributed by atoms with Crippen molar-refractivity contribution < 1.29 is 62.1 Å². The van der Waals surface area contributed by atoms with Crippen LogP contribution < -0.4 is 18.9 Å². The first-order valence-electron chi connectivity index (χ1n) is 45.4. The molecule has 25 nitrogen and oxygen atoms in total. The van der Waals surface area contributed by atoms with Gasteiger partial charge in [-0.2, -0.15) is 21.0 Å². The number of pyridine rings is 2. The van der Waals surface area contributed by atoms with Crippen molar-refractivity contribution in [2.75, 3.05) is 99.4 Å². The van der Waals surface area contributed by atoms with Crippen molar-refractivity contribution in [2.45, 2.75) is 128 Å². The van der Waals surface area contributed by atoms with Gasteiger partial charge in [0.1, 0.15) is 71.6 Å². The number of morpholine rings is 1. The molecule has 6 aliphatic heterocycles. The Balaban J connectivity index is 0.000000123. The monoisotopic (exact) mass is 1770 g/mol. The van der Waals surface area contributed by atoms with Gasteiger partial charge in [-0.25, -0.2) is 0 Å². The molecular weight excluding hydrogens is 1660 g/mol. The molecule has 8 aromatic carbocycles. The number of carbonyl (C=O) groups excluding carboxylic acids is 2. The van der Waals surface area contributed by atoms with Crippen molar-refractivity contribution in [3.05, 3.63) is 251 Å². The van der Waals surface area contributed by atoms with Crippen LogP contribution in [0.4, 0.5) is 0 Å². The first-order chi connectivity index (χ1) is 64.3. The van der Waals surface area contributed by atoms with Crippen molar-refractivity contribution in [3.63, 3.8) is 0 Å². The maximum atomic E-state index is 12.9. The summed E-state index contributed by atoms with van der Waals surface area (Å²) in [5, 5.41) is 53.2. The second kappa shape index (κ2) is 41.0. The van der Waals surface area contributed by atoms with Gasteiger partial charge in [0.05, 0.1) is 123 Å². The highest BCUT2D eigenvalue weighted by molar-refractivity contribution is 6.05. The van der Waals surface area contributed by atoms with Crippen molar-refractivity contribution in [1.82, 2.24) is 39.7 Å². The third kappa shape index (κ3) is 20.8. The number of methoxy groups -OCH3 is 1. The highest BCUT2D eigenvalue weighted by atomic mass is 16.5. The number of aromatic nitrogens is 6. The molecule has 20 rings (SSSR count). The quantitative estimate of drug-likeness (QED) is 0.0502. The summed E-state index contributed by atoms with van der Waals surface area (Å²) in [5.41, 5.74) is 19.1. The van der Waals surface area contributed by atoms with Gasteiger partial charge in [-0.3, -0.25) is 19.6 Å². The summed E-state index contributed by atoms with van der Waals surface area (Å²) in [6.45, 7) is 17.1. The third-order valence-corrected chi connectivity index (χ3v) is 25.3. The molecule has 0 radical (unpaired) electrons. The van der Waals surface area contributed by atoms with Crippen LogP contribution in [-0.2, 0) is 39.6 Å². The van der Waals surface area contributed by atoms with E-state index in [4.69, 9.17) is 47.4 Å². The minimum absolute atomic E-state index is 0.0200. The number of benzene rings is 8. The first kappa shape index (κ1) is 90.0. The predicted octanol–water partition coefficient (Wildman–Crippen LogP) is 20.0. The molecule has 6 saturated heterocycles. The molecule has 0 spiro atoms. The molecule has 6 aromatic heterocycles. The fourth-order valence-electron chi connectivity index (χ4n) is 17.6. The number of rotatable bonds is 19. The minimum atomic E-state index is -0.878. The number of fused-ring (bicyclic) bond motifs is 4. The summed E-state index contributed by atoms with van der Waals surface area (Å²) in [6, 6.07) is 72.6. The normalized spacial score (nSPS) is 15.9. The lowest BCUT2D eigenvalue weighted by molar-refractivity contribution is 0.0192. The van der Waals surface area contributed by atoms with Gasteiger partial charge in [-0.1, -0.05) is 109 Å². The molecule has 0 aliphatic carbocycles. The van der Waals surface area contributed by atoms with Crippen molar-refractivity contribution in [3.8, 4) is 115 Å². The molecule has 6 fully saturated rings. The average molecular weight is 1770 g/mol. The van der Waals surface area contributed by atoms with Crippen LogP contribution in [0.5, 0.6) is 23.0 Å². The van der Waals surface area contributed by atoms with E-state index in [-0.39, 0.29) is 41.8 Å². The number of H-pyrrole nitrogens is 4. The lowest BCUT2D eigenvalue weighted by Crippen LogP contribution is -2.40. The van der Waals surface area contributed by atoms with Crippen LogP contribution in [0.3, 0.4) is 0 Å². The number of likely N-dealkylation sites (tertiary alicyclic amines) is 1. The van der Waals surface area contributed by atoms with E-state index in [0.29, 0.717) is 136 Å². The Labute approximate surface area is 766 Å². The van der Waals surface area contributed by atoms with Gasteiger partial charge < -0.3 is 82.2 Å².